The van der Waals surface area contributed by atoms with E-state index in [0.29, 0.717) is 0 Å². The first-order chi connectivity index (χ1) is 7.77. The molecular weight excluding hydrogens is 202 g/mol. The van der Waals surface area contributed by atoms with Crippen LogP contribution in [0, 0.1) is 6.92 Å². The molecule has 0 spiro atoms. The van der Waals surface area contributed by atoms with Crippen molar-refractivity contribution < 1.29 is 4.79 Å². The van der Waals surface area contributed by atoms with Crippen molar-refractivity contribution in [3.8, 4) is 0 Å². The summed E-state index contributed by atoms with van der Waals surface area (Å²) in [5.41, 5.74) is 1.70. The maximum absolute atomic E-state index is 11.7. The number of carbonyl (C=O) groups excluding carboxylic acids is 1. The van der Waals surface area contributed by atoms with Gasteiger partial charge in [-0.2, -0.15) is 4.68 Å². The zero-order chi connectivity index (χ0) is 11.4. The molecule has 0 atom stereocenters. The highest BCUT2D eigenvalue weighted by atomic mass is 16.2. The van der Waals surface area contributed by atoms with Crippen LogP contribution >= 0.6 is 0 Å². The van der Waals surface area contributed by atoms with Crippen LogP contribution in [0.4, 0.5) is 0 Å². The van der Waals surface area contributed by atoms with Gasteiger partial charge in [0, 0.05) is 6.08 Å². The number of hydrogen-bond acceptors (Lipinski definition) is 3. The molecule has 4 nitrogen and oxygen atoms in total. The molecule has 0 aliphatic carbocycles. The van der Waals surface area contributed by atoms with Gasteiger partial charge in [-0.3, -0.25) is 4.79 Å². The number of hydrogen-bond donors (Lipinski definition) is 0. The zero-order valence-corrected chi connectivity index (χ0v) is 8.87. The summed E-state index contributed by atoms with van der Waals surface area (Å²) in [6.07, 6.45) is 4.79. The van der Waals surface area contributed by atoms with Gasteiger partial charge in [0.1, 0.15) is 0 Å². The van der Waals surface area contributed by atoms with E-state index in [1.807, 2.05) is 30.3 Å². The SMILES string of the molecule is Cc1cnnn1C(=O)/C=C/c1ccccc1. The lowest BCUT2D eigenvalue weighted by Crippen LogP contribution is -2.10. The Bertz CT molecular complexity index is 514. The van der Waals surface area contributed by atoms with Crippen LogP contribution in [-0.2, 0) is 0 Å². The summed E-state index contributed by atoms with van der Waals surface area (Å²) in [6.45, 7) is 1.79. The standard InChI is InChI=1S/C12H11N3O/c1-10-9-13-14-15(10)12(16)8-7-11-5-3-2-4-6-11/h2-9H,1H3/b8-7+. The Hall–Kier alpha value is -2.23. The van der Waals surface area contributed by atoms with Gasteiger partial charge in [-0.15, -0.1) is 5.10 Å². The first kappa shape index (κ1) is 10.3. The topological polar surface area (TPSA) is 47.8 Å². The van der Waals surface area contributed by atoms with Crippen molar-refractivity contribution in [2.24, 2.45) is 0 Å². The first-order valence-corrected chi connectivity index (χ1v) is 4.92. The fourth-order valence-corrected chi connectivity index (χ4v) is 1.31. The number of carbonyl (C=O) groups is 1. The molecule has 1 heterocycles. The Morgan fingerprint density at radius 2 is 2.06 bits per heavy atom. The number of rotatable bonds is 2. The average molecular weight is 213 g/mol. The molecule has 4 heteroatoms. The van der Waals surface area contributed by atoms with Crippen LogP contribution in [0.5, 0.6) is 0 Å². The minimum absolute atomic E-state index is 0.196. The molecule has 0 fully saturated rings. The monoisotopic (exact) mass is 213 g/mol. The molecule has 0 saturated heterocycles. The predicted molar refractivity (Wildman–Crippen MR) is 60.9 cm³/mol. The molecule has 0 aliphatic heterocycles. The van der Waals surface area contributed by atoms with Crippen molar-refractivity contribution in [2.45, 2.75) is 6.92 Å². The minimum atomic E-state index is -0.196. The molecule has 2 aromatic rings. The molecule has 0 amide bonds. The van der Waals surface area contributed by atoms with E-state index in [0.717, 1.165) is 11.3 Å². The third kappa shape index (κ3) is 2.23. The highest BCUT2D eigenvalue weighted by Crippen LogP contribution is 2.02. The Kier molecular flexibility index (Phi) is 2.91. The van der Waals surface area contributed by atoms with Crippen molar-refractivity contribution in [1.82, 2.24) is 15.0 Å². The highest BCUT2D eigenvalue weighted by molar-refractivity contribution is 5.93. The molecule has 0 saturated carbocycles. The van der Waals surface area contributed by atoms with E-state index in [1.165, 1.54) is 10.8 Å². The second kappa shape index (κ2) is 4.53. The summed E-state index contributed by atoms with van der Waals surface area (Å²) in [7, 11) is 0. The lowest BCUT2D eigenvalue weighted by Gasteiger charge is -1.95. The summed E-state index contributed by atoms with van der Waals surface area (Å²) < 4.78 is 1.26. The zero-order valence-electron chi connectivity index (χ0n) is 8.87. The van der Waals surface area contributed by atoms with Gasteiger partial charge in [-0.1, -0.05) is 35.5 Å². The van der Waals surface area contributed by atoms with Crippen molar-refractivity contribution >= 4 is 12.0 Å². The average Bonchev–Trinajstić information content (AvgIpc) is 2.74. The maximum atomic E-state index is 11.7. The summed E-state index contributed by atoms with van der Waals surface area (Å²) in [4.78, 5) is 11.7. The van der Waals surface area contributed by atoms with Crippen LogP contribution in [0.25, 0.3) is 6.08 Å². The van der Waals surface area contributed by atoms with Crippen LogP contribution < -0.4 is 0 Å². The number of aromatic nitrogens is 3. The van der Waals surface area contributed by atoms with Gasteiger partial charge in [-0.05, 0) is 18.6 Å². The quantitative estimate of drug-likeness (QED) is 0.716. The summed E-state index contributed by atoms with van der Waals surface area (Å²) in [5.74, 6) is -0.196. The molecular formula is C12H11N3O. The van der Waals surface area contributed by atoms with E-state index in [2.05, 4.69) is 10.3 Å². The van der Waals surface area contributed by atoms with Crippen molar-refractivity contribution in [3.05, 3.63) is 53.9 Å². The van der Waals surface area contributed by atoms with Crippen molar-refractivity contribution in [3.63, 3.8) is 0 Å². The van der Waals surface area contributed by atoms with Gasteiger partial charge in [0.25, 0.3) is 5.91 Å². The maximum Gasteiger partial charge on any atom is 0.272 e. The largest absolute Gasteiger partial charge is 0.272 e. The predicted octanol–water partition coefficient (Wildman–Crippen LogP) is 1.94. The third-order valence-corrected chi connectivity index (χ3v) is 2.15. The molecule has 1 aromatic carbocycles. The Labute approximate surface area is 93.2 Å². The molecule has 0 bridgehead atoms. The molecule has 2 rings (SSSR count). The van der Waals surface area contributed by atoms with Crippen LogP contribution in [0.2, 0.25) is 0 Å². The fraction of sp³-hybridized carbons (Fsp3) is 0.0833. The Morgan fingerprint density at radius 1 is 1.31 bits per heavy atom. The third-order valence-electron chi connectivity index (χ3n) is 2.15. The van der Waals surface area contributed by atoms with Crippen LogP contribution in [-0.4, -0.2) is 20.9 Å². The first-order valence-electron chi connectivity index (χ1n) is 4.92. The second-order valence-electron chi connectivity index (χ2n) is 3.37. The minimum Gasteiger partial charge on any atom is -0.267 e. The van der Waals surface area contributed by atoms with Gasteiger partial charge < -0.3 is 0 Å². The summed E-state index contributed by atoms with van der Waals surface area (Å²) in [6, 6.07) is 9.63. The van der Waals surface area contributed by atoms with E-state index >= 15 is 0 Å². The van der Waals surface area contributed by atoms with E-state index in [1.54, 1.807) is 19.2 Å². The highest BCUT2D eigenvalue weighted by Gasteiger charge is 2.04. The molecule has 0 radical (unpaired) electrons. The van der Waals surface area contributed by atoms with E-state index in [-0.39, 0.29) is 5.91 Å². The van der Waals surface area contributed by atoms with Gasteiger partial charge in [0.2, 0.25) is 0 Å². The van der Waals surface area contributed by atoms with E-state index in [4.69, 9.17) is 0 Å². The summed E-state index contributed by atoms with van der Waals surface area (Å²) >= 11 is 0. The van der Waals surface area contributed by atoms with Gasteiger partial charge in [0.15, 0.2) is 0 Å². The smallest absolute Gasteiger partial charge is 0.267 e. The van der Waals surface area contributed by atoms with E-state index in [9.17, 15) is 4.79 Å². The Balaban J connectivity index is 2.15. The van der Waals surface area contributed by atoms with Crippen molar-refractivity contribution in [2.75, 3.05) is 0 Å². The Morgan fingerprint density at radius 3 is 2.69 bits per heavy atom. The fourth-order valence-electron chi connectivity index (χ4n) is 1.31. The lowest BCUT2D eigenvalue weighted by molar-refractivity contribution is 0.0950. The van der Waals surface area contributed by atoms with Gasteiger partial charge in [-0.25, -0.2) is 0 Å². The molecule has 1 aromatic heterocycles. The van der Waals surface area contributed by atoms with Crippen LogP contribution in [0.15, 0.2) is 42.6 Å². The number of nitrogens with zero attached hydrogens (tertiary/aromatic N) is 3. The van der Waals surface area contributed by atoms with E-state index < -0.39 is 0 Å². The second-order valence-corrected chi connectivity index (χ2v) is 3.37. The van der Waals surface area contributed by atoms with Crippen LogP contribution in [0.3, 0.4) is 0 Å². The molecule has 16 heavy (non-hydrogen) atoms. The molecule has 0 unspecified atom stereocenters. The van der Waals surface area contributed by atoms with Gasteiger partial charge in [0.05, 0.1) is 11.9 Å². The number of allylic oxidation sites excluding steroid dienone is 1. The summed E-state index contributed by atoms with van der Waals surface area (Å²) in [5, 5.41) is 7.35. The molecule has 80 valence electrons. The van der Waals surface area contributed by atoms with Crippen molar-refractivity contribution in [1.29, 1.82) is 0 Å². The number of benzene rings is 1. The van der Waals surface area contributed by atoms with Crippen LogP contribution in [0.1, 0.15) is 16.1 Å². The molecule has 0 aliphatic rings. The lowest BCUT2D eigenvalue weighted by atomic mass is 10.2. The molecule has 0 N–H and O–H groups in total. The normalized spacial score (nSPS) is 10.8. The number of aryl methyl sites for hydroxylation is 1. The van der Waals surface area contributed by atoms with Gasteiger partial charge >= 0.3 is 0 Å².